The van der Waals surface area contributed by atoms with Crippen LogP contribution in [-0.2, 0) is 6.54 Å². The average molecular weight is 377 g/mol. The maximum absolute atomic E-state index is 13.2. The van der Waals surface area contributed by atoms with Crippen LogP contribution in [0.25, 0.3) is 0 Å². The number of benzene rings is 1. The smallest absolute Gasteiger partial charge is 0.123 e. The van der Waals surface area contributed by atoms with Crippen LogP contribution in [0.5, 0.6) is 0 Å². The highest BCUT2D eigenvalue weighted by Gasteiger charge is 2.10. The molecule has 0 aliphatic heterocycles. The average Bonchev–Trinajstić information content (AvgIpc) is 2.81. The third-order valence-corrected chi connectivity index (χ3v) is 4.47. The van der Waals surface area contributed by atoms with E-state index in [0.717, 1.165) is 22.2 Å². The molecule has 1 aromatic heterocycles. The summed E-state index contributed by atoms with van der Waals surface area (Å²) < 4.78 is 15.7. The summed E-state index contributed by atoms with van der Waals surface area (Å²) in [5, 5.41) is 8.14. The fraction of sp³-hybridized carbons (Fsp3) is 0.333. The van der Waals surface area contributed by atoms with Crippen molar-refractivity contribution in [3.8, 4) is 0 Å². The molecule has 0 aliphatic carbocycles. The highest BCUT2D eigenvalue weighted by atomic mass is 79.9. The molecular formula is C12H12Br2FN3. The minimum atomic E-state index is -0.250. The van der Waals surface area contributed by atoms with Gasteiger partial charge >= 0.3 is 0 Å². The molecule has 0 amide bonds. The van der Waals surface area contributed by atoms with Crippen LogP contribution in [0.4, 0.5) is 4.39 Å². The lowest BCUT2D eigenvalue weighted by Gasteiger charge is -2.04. The quantitative estimate of drug-likeness (QED) is 0.753. The van der Waals surface area contributed by atoms with Gasteiger partial charge in [0.25, 0.3) is 0 Å². The topological polar surface area (TPSA) is 30.7 Å². The Hall–Kier alpha value is -0.750. The van der Waals surface area contributed by atoms with Crippen LogP contribution in [0.1, 0.15) is 29.4 Å². The summed E-state index contributed by atoms with van der Waals surface area (Å²) in [6.45, 7) is 2.57. The van der Waals surface area contributed by atoms with Crippen LogP contribution in [-0.4, -0.2) is 15.0 Å². The van der Waals surface area contributed by atoms with E-state index in [1.807, 2.05) is 6.20 Å². The van der Waals surface area contributed by atoms with E-state index in [4.69, 9.17) is 0 Å². The Morgan fingerprint density at radius 1 is 1.44 bits per heavy atom. The van der Waals surface area contributed by atoms with Gasteiger partial charge < -0.3 is 0 Å². The van der Waals surface area contributed by atoms with Gasteiger partial charge in [0.1, 0.15) is 5.82 Å². The number of hydrogen-bond donors (Lipinski definition) is 0. The van der Waals surface area contributed by atoms with Crippen molar-refractivity contribution in [1.82, 2.24) is 15.0 Å². The Balaban J connectivity index is 2.18. The number of alkyl halides is 1. The minimum Gasteiger partial charge on any atom is -0.248 e. The number of nitrogens with zero attached hydrogens (tertiary/aromatic N) is 3. The lowest BCUT2D eigenvalue weighted by Crippen LogP contribution is -2.01. The van der Waals surface area contributed by atoms with Gasteiger partial charge in [0.05, 0.1) is 17.1 Å². The largest absolute Gasteiger partial charge is 0.248 e. The number of aromatic nitrogens is 3. The first kappa shape index (κ1) is 13.7. The first-order valence-electron chi connectivity index (χ1n) is 5.58. The van der Waals surface area contributed by atoms with Crippen molar-refractivity contribution >= 4 is 31.9 Å². The molecule has 1 heterocycles. The van der Waals surface area contributed by atoms with Crippen LogP contribution in [0.3, 0.4) is 0 Å². The van der Waals surface area contributed by atoms with Gasteiger partial charge in [-0.25, -0.2) is 9.07 Å². The maximum atomic E-state index is 13.2. The molecule has 1 unspecified atom stereocenters. The van der Waals surface area contributed by atoms with Crippen LogP contribution >= 0.6 is 31.9 Å². The second-order valence-corrected chi connectivity index (χ2v) is 5.91. The zero-order valence-corrected chi connectivity index (χ0v) is 12.9. The highest BCUT2D eigenvalue weighted by molar-refractivity contribution is 9.10. The molecule has 18 heavy (non-hydrogen) atoms. The molecule has 96 valence electrons. The van der Waals surface area contributed by atoms with E-state index in [9.17, 15) is 4.39 Å². The third-order valence-electron chi connectivity index (χ3n) is 2.58. The molecule has 1 atom stereocenters. The number of rotatable bonds is 4. The van der Waals surface area contributed by atoms with Crippen LogP contribution in [0.2, 0.25) is 0 Å². The fourth-order valence-corrected chi connectivity index (χ4v) is 2.16. The Morgan fingerprint density at radius 3 is 2.94 bits per heavy atom. The molecule has 2 rings (SSSR count). The van der Waals surface area contributed by atoms with Gasteiger partial charge in [-0.15, -0.1) is 5.10 Å². The first-order chi connectivity index (χ1) is 8.60. The second kappa shape index (κ2) is 5.93. The summed E-state index contributed by atoms with van der Waals surface area (Å²) in [7, 11) is 0. The standard InChI is InChI=1S/C12H12Br2FN3/c1-2-10(13)12-7-18(17-16-12)6-8-5-9(15)3-4-11(8)14/h3-5,7,10H,2,6H2,1H3. The number of hydrogen-bond acceptors (Lipinski definition) is 2. The van der Waals surface area contributed by atoms with E-state index in [2.05, 4.69) is 49.1 Å². The molecule has 0 saturated carbocycles. The van der Waals surface area contributed by atoms with E-state index >= 15 is 0 Å². The Morgan fingerprint density at radius 2 is 2.22 bits per heavy atom. The van der Waals surface area contributed by atoms with Gasteiger partial charge in [-0.05, 0) is 30.2 Å². The second-order valence-electron chi connectivity index (χ2n) is 3.95. The highest BCUT2D eigenvalue weighted by Crippen LogP contribution is 2.24. The van der Waals surface area contributed by atoms with E-state index in [1.54, 1.807) is 10.7 Å². The summed E-state index contributed by atoms with van der Waals surface area (Å²) in [6, 6.07) is 4.62. The van der Waals surface area contributed by atoms with Crippen molar-refractivity contribution in [1.29, 1.82) is 0 Å². The molecule has 0 spiro atoms. The molecule has 3 nitrogen and oxygen atoms in total. The molecule has 2 aromatic rings. The molecule has 0 bridgehead atoms. The van der Waals surface area contributed by atoms with Crippen molar-refractivity contribution < 1.29 is 4.39 Å². The molecule has 0 aliphatic rings. The van der Waals surface area contributed by atoms with E-state index in [-0.39, 0.29) is 10.6 Å². The van der Waals surface area contributed by atoms with Crippen LogP contribution < -0.4 is 0 Å². The van der Waals surface area contributed by atoms with Crippen molar-refractivity contribution in [3.05, 3.63) is 45.9 Å². The van der Waals surface area contributed by atoms with Crippen molar-refractivity contribution in [2.45, 2.75) is 24.7 Å². The first-order valence-corrected chi connectivity index (χ1v) is 7.29. The Bertz CT molecular complexity index is 542. The molecule has 1 aromatic carbocycles. The molecule has 0 radical (unpaired) electrons. The molecule has 0 N–H and O–H groups in total. The van der Waals surface area contributed by atoms with Crippen LogP contribution in [0, 0.1) is 5.82 Å². The fourth-order valence-electron chi connectivity index (χ4n) is 1.58. The van der Waals surface area contributed by atoms with Gasteiger partial charge in [0, 0.05) is 10.7 Å². The number of halogens is 3. The van der Waals surface area contributed by atoms with Crippen molar-refractivity contribution in [2.24, 2.45) is 0 Å². The van der Waals surface area contributed by atoms with Gasteiger partial charge in [-0.3, -0.25) is 0 Å². The monoisotopic (exact) mass is 375 g/mol. The molecule has 0 saturated heterocycles. The van der Waals surface area contributed by atoms with Gasteiger partial charge in [0.2, 0.25) is 0 Å². The Labute approximate surface area is 122 Å². The molecule has 0 fully saturated rings. The summed E-state index contributed by atoms with van der Waals surface area (Å²) in [6.07, 6.45) is 2.82. The predicted octanol–water partition coefficient (Wildman–Crippen LogP) is 4.07. The van der Waals surface area contributed by atoms with E-state index < -0.39 is 0 Å². The normalized spacial score (nSPS) is 12.7. The van der Waals surface area contributed by atoms with E-state index in [1.165, 1.54) is 12.1 Å². The SMILES string of the molecule is CCC(Br)c1cn(Cc2cc(F)ccc2Br)nn1. The summed E-state index contributed by atoms with van der Waals surface area (Å²) in [5.74, 6) is -0.250. The zero-order valence-electron chi connectivity index (χ0n) is 9.78. The lowest BCUT2D eigenvalue weighted by molar-refractivity contribution is 0.613. The molecule has 6 heteroatoms. The third kappa shape index (κ3) is 3.17. The maximum Gasteiger partial charge on any atom is 0.123 e. The van der Waals surface area contributed by atoms with Gasteiger partial charge in [-0.1, -0.05) is 44.0 Å². The Kier molecular flexibility index (Phi) is 4.50. The van der Waals surface area contributed by atoms with Crippen LogP contribution in [0.15, 0.2) is 28.9 Å². The van der Waals surface area contributed by atoms with E-state index in [0.29, 0.717) is 6.54 Å². The lowest BCUT2D eigenvalue weighted by atomic mass is 10.2. The summed E-state index contributed by atoms with van der Waals surface area (Å²) in [4.78, 5) is 0.210. The zero-order chi connectivity index (χ0) is 13.1. The van der Waals surface area contributed by atoms with Gasteiger partial charge in [-0.2, -0.15) is 0 Å². The summed E-state index contributed by atoms with van der Waals surface area (Å²) in [5.41, 5.74) is 1.74. The minimum absolute atomic E-state index is 0.210. The predicted molar refractivity (Wildman–Crippen MR) is 75.2 cm³/mol. The van der Waals surface area contributed by atoms with Crippen molar-refractivity contribution in [3.63, 3.8) is 0 Å². The van der Waals surface area contributed by atoms with Crippen molar-refractivity contribution in [2.75, 3.05) is 0 Å². The van der Waals surface area contributed by atoms with Gasteiger partial charge in [0.15, 0.2) is 0 Å². The molecular weight excluding hydrogens is 365 g/mol. The summed E-state index contributed by atoms with van der Waals surface area (Å²) >= 11 is 6.92.